The van der Waals surface area contributed by atoms with E-state index in [9.17, 15) is 19.0 Å². The maximum absolute atomic E-state index is 15.0. The highest BCUT2D eigenvalue weighted by Crippen LogP contribution is 2.71. The average molecular weight is 863 g/mol. The van der Waals surface area contributed by atoms with Crippen LogP contribution in [0.1, 0.15) is 69.9 Å². The molecule has 1 unspecified atom stereocenters. The number of carbonyl (C=O) groups is 2. The van der Waals surface area contributed by atoms with Crippen molar-refractivity contribution in [2.24, 2.45) is 5.92 Å². The van der Waals surface area contributed by atoms with Crippen molar-refractivity contribution in [1.29, 1.82) is 0 Å². The summed E-state index contributed by atoms with van der Waals surface area (Å²) in [6, 6.07) is 23.3. The molecule has 2 amide bonds. The second-order valence-corrected chi connectivity index (χ2v) is 20.3. The molecule has 4 heterocycles. The number of amides is 2. The van der Waals surface area contributed by atoms with E-state index in [2.05, 4.69) is 35.9 Å². The lowest BCUT2D eigenvalue weighted by atomic mass is 10.0. The van der Waals surface area contributed by atoms with Gasteiger partial charge in [0.2, 0.25) is 19.2 Å². The number of pyridine rings is 1. The molecular formula is C47H55N6O6PS. The Bertz CT molecular complexity index is 2440. The van der Waals surface area contributed by atoms with E-state index in [1.54, 1.807) is 12.0 Å². The maximum Gasteiger partial charge on any atom is 0.245 e. The molecule has 6 atom stereocenters. The minimum Gasteiger partial charge on any atom is -0.497 e. The summed E-state index contributed by atoms with van der Waals surface area (Å²) in [5.41, 5.74) is 4.60. The van der Waals surface area contributed by atoms with Crippen molar-refractivity contribution in [2.75, 3.05) is 24.3 Å². The van der Waals surface area contributed by atoms with Gasteiger partial charge in [0.05, 0.1) is 31.0 Å². The highest BCUT2D eigenvalue weighted by atomic mass is 32.1. The van der Waals surface area contributed by atoms with E-state index in [-0.39, 0.29) is 37.0 Å². The topological polar surface area (TPSA) is 155 Å². The van der Waals surface area contributed by atoms with Gasteiger partial charge in [-0.05, 0) is 76.3 Å². The smallest absolute Gasteiger partial charge is 0.245 e. The zero-order valence-electron chi connectivity index (χ0n) is 35.2. The fourth-order valence-electron chi connectivity index (χ4n) is 8.55. The van der Waals surface area contributed by atoms with Crippen molar-refractivity contribution in [3.8, 4) is 22.9 Å². The lowest BCUT2D eigenvalue weighted by molar-refractivity contribution is -0.139. The SMILES string of the molecule is COc1ccc2c(O[C@@H]3C[C@H]4C(=O)N[C@]5(P(=O)(O)Cc6ccccc6)C[C@H]5/C=C\CCCCC[C@H](Nc5ccc(C)cc5)C(=O)N4C3)cc(-c3csc(NC(C)C)n3)nc2c1. The van der Waals surface area contributed by atoms with Gasteiger partial charge in [0.25, 0.3) is 0 Å². The Kier molecular flexibility index (Phi) is 12.5. The van der Waals surface area contributed by atoms with E-state index in [0.29, 0.717) is 41.2 Å². The summed E-state index contributed by atoms with van der Waals surface area (Å²) in [7, 11) is -2.41. The first-order valence-corrected chi connectivity index (χ1v) is 24.0. The number of methoxy groups -OCH3 is 1. The summed E-state index contributed by atoms with van der Waals surface area (Å²) in [6.45, 7) is 6.27. The van der Waals surface area contributed by atoms with Crippen LogP contribution in [0.3, 0.4) is 0 Å². The molecule has 5 aromatic rings. The number of carbonyl (C=O) groups excluding carboxylic acids is 2. The number of aryl methyl sites for hydroxylation is 1. The van der Waals surface area contributed by atoms with Crippen LogP contribution in [0.5, 0.6) is 11.5 Å². The molecule has 1 aliphatic carbocycles. The minimum atomic E-state index is -4.01. The Morgan fingerprint density at radius 2 is 1.82 bits per heavy atom. The Balaban J connectivity index is 1.15. The summed E-state index contributed by atoms with van der Waals surface area (Å²) in [5, 5.41) is 12.1. The third-order valence-electron chi connectivity index (χ3n) is 11.9. The van der Waals surface area contributed by atoms with Crippen LogP contribution in [-0.2, 0) is 20.3 Å². The number of nitrogens with zero attached hydrogens (tertiary/aromatic N) is 3. The molecular weight excluding hydrogens is 808 g/mol. The summed E-state index contributed by atoms with van der Waals surface area (Å²) in [4.78, 5) is 53.1. The van der Waals surface area contributed by atoms with Gasteiger partial charge < -0.3 is 35.2 Å². The molecule has 0 spiro atoms. The number of allylic oxidation sites excluding steroid dienone is 1. The van der Waals surface area contributed by atoms with Gasteiger partial charge in [-0.3, -0.25) is 14.2 Å². The van der Waals surface area contributed by atoms with E-state index in [1.165, 1.54) is 11.3 Å². The van der Waals surface area contributed by atoms with Crippen LogP contribution >= 0.6 is 18.7 Å². The number of benzene rings is 3. The number of rotatable bonds is 11. The van der Waals surface area contributed by atoms with Crippen LogP contribution in [0.15, 0.2) is 96.4 Å². The Labute approximate surface area is 361 Å². The molecule has 8 rings (SSSR count). The van der Waals surface area contributed by atoms with Crippen molar-refractivity contribution in [2.45, 2.75) is 101 Å². The lowest BCUT2D eigenvalue weighted by Crippen LogP contribution is -2.53. The molecule has 12 nitrogen and oxygen atoms in total. The largest absolute Gasteiger partial charge is 0.497 e. The highest BCUT2D eigenvalue weighted by Gasteiger charge is 2.66. The van der Waals surface area contributed by atoms with Gasteiger partial charge in [-0.25, -0.2) is 9.97 Å². The number of fused-ring (bicyclic) bond motifs is 3. The average Bonchev–Trinajstić information content (AvgIpc) is 3.51. The van der Waals surface area contributed by atoms with Gasteiger partial charge in [-0.2, -0.15) is 0 Å². The van der Waals surface area contributed by atoms with Gasteiger partial charge in [0, 0.05) is 47.0 Å². The molecule has 4 N–H and O–H groups in total. The van der Waals surface area contributed by atoms with Gasteiger partial charge in [0.1, 0.15) is 40.7 Å². The van der Waals surface area contributed by atoms with Crippen molar-refractivity contribution >= 4 is 52.2 Å². The first kappa shape index (κ1) is 42.5. The van der Waals surface area contributed by atoms with Crippen molar-refractivity contribution < 1.29 is 28.5 Å². The van der Waals surface area contributed by atoms with Crippen LogP contribution in [0, 0.1) is 12.8 Å². The van der Waals surface area contributed by atoms with Gasteiger partial charge in [-0.15, -0.1) is 11.3 Å². The zero-order chi connectivity index (χ0) is 42.7. The van der Waals surface area contributed by atoms with Crippen LogP contribution < -0.4 is 25.4 Å². The molecule has 61 heavy (non-hydrogen) atoms. The van der Waals surface area contributed by atoms with Crippen LogP contribution in [0.4, 0.5) is 10.8 Å². The molecule has 3 aliphatic rings. The van der Waals surface area contributed by atoms with Crippen molar-refractivity contribution in [1.82, 2.24) is 20.2 Å². The zero-order valence-corrected chi connectivity index (χ0v) is 36.9. The molecule has 2 aliphatic heterocycles. The van der Waals surface area contributed by atoms with Crippen LogP contribution in [-0.4, -0.2) is 74.7 Å². The fraction of sp³-hybridized carbons (Fsp3) is 0.404. The van der Waals surface area contributed by atoms with E-state index in [0.717, 1.165) is 53.0 Å². The molecule has 2 aromatic heterocycles. The first-order valence-electron chi connectivity index (χ1n) is 21.3. The number of thiazole rings is 1. The Morgan fingerprint density at radius 1 is 1.02 bits per heavy atom. The summed E-state index contributed by atoms with van der Waals surface area (Å²) in [5.74, 6) is 0.195. The molecule has 2 fully saturated rings. The normalized spacial score (nSPS) is 24.7. The minimum absolute atomic E-state index is 0.0731. The van der Waals surface area contributed by atoms with Gasteiger partial charge >= 0.3 is 0 Å². The second kappa shape index (κ2) is 18.0. The third-order valence-corrected chi connectivity index (χ3v) is 15.4. The van der Waals surface area contributed by atoms with Gasteiger partial charge in [0.15, 0.2) is 5.13 Å². The van der Waals surface area contributed by atoms with E-state index >= 15 is 0 Å². The number of nitrogens with one attached hydrogen (secondary N) is 3. The summed E-state index contributed by atoms with van der Waals surface area (Å²) >= 11 is 1.49. The standard InChI is InChI=1S/C47H55N6O6PS/c1-30(2)48-46-51-41(29-61-46)40-25-43(37-22-21-35(58-4)23-39(37)50-40)59-36-24-42-44(54)52-47(60(56,57)28-32-13-9-8-10-14-32)26-33(47)15-11-6-5-7-12-16-38(45(55)53(42)27-36)49-34-19-17-31(3)18-20-34/h8-11,13-15,17-23,25,29-30,33,36,38,42,49H,5-7,12,16,24,26-28H2,1-4H3,(H,48,51)(H,52,54)(H,56,57)/b15-11-/t33-,36-,38+,42+,47+/m1/s1. The van der Waals surface area contributed by atoms with E-state index in [1.807, 2.05) is 97.2 Å². The number of hydrogen-bond donors (Lipinski definition) is 4. The number of hydrogen-bond acceptors (Lipinski definition) is 10. The van der Waals surface area contributed by atoms with E-state index < -0.39 is 36.7 Å². The molecule has 320 valence electrons. The highest BCUT2D eigenvalue weighted by molar-refractivity contribution is 7.59. The Morgan fingerprint density at radius 3 is 2.59 bits per heavy atom. The number of anilines is 2. The predicted molar refractivity (Wildman–Crippen MR) is 242 cm³/mol. The molecule has 0 radical (unpaired) electrons. The van der Waals surface area contributed by atoms with Crippen molar-refractivity contribution in [3.05, 3.63) is 108 Å². The second-order valence-electron chi connectivity index (χ2n) is 16.9. The number of aromatic nitrogens is 2. The van der Waals surface area contributed by atoms with Crippen LogP contribution in [0.25, 0.3) is 22.3 Å². The molecule has 3 aromatic carbocycles. The maximum atomic E-state index is 15.0. The monoisotopic (exact) mass is 862 g/mol. The van der Waals surface area contributed by atoms with Crippen molar-refractivity contribution in [3.63, 3.8) is 0 Å². The summed E-state index contributed by atoms with van der Waals surface area (Å²) in [6.07, 6.45) is 7.95. The van der Waals surface area contributed by atoms with Crippen LogP contribution in [0.2, 0.25) is 0 Å². The Hall–Kier alpha value is -5.23. The molecule has 1 saturated heterocycles. The summed E-state index contributed by atoms with van der Waals surface area (Å²) < 4.78 is 27.0. The molecule has 14 heteroatoms. The first-order chi connectivity index (χ1) is 29.4. The van der Waals surface area contributed by atoms with E-state index in [4.69, 9.17) is 19.4 Å². The molecule has 1 saturated carbocycles. The fourth-order valence-corrected chi connectivity index (χ4v) is 11.8. The quantitative estimate of drug-likeness (QED) is 0.0747. The lowest BCUT2D eigenvalue weighted by Gasteiger charge is -2.31. The van der Waals surface area contributed by atoms with Gasteiger partial charge in [-0.1, -0.05) is 73.0 Å². The molecule has 0 bridgehead atoms. The predicted octanol–water partition coefficient (Wildman–Crippen LogP) is 9.15. The third kappa shape index (κ3) is 9.49. The number of ether oxygens (including phenoxy) is 2.